The number of aromatic nitrogens is 4. The monoisotopic (exact) mass is 790 g/mol. The van der Waals surface area contributed by atoms with Gasteiger partial charge in [0.05, 0.1) is 33.3 Å². The van der Waals surface area contributed by atoms with Crippen LogP contribution >= 0.6 is 0 Å². The molecule has 1 aliphatic rings. The Balaban J connectivity index is 1.02. The van der Waals surface area contributed by atoms with Gasteiger partial charge in [-0.2, -0.15) is 0 Å². The van der Waals surface area contributed by atoms with Gasteiger partial charge in [-0.1, -0.05) is 158 Å². The Hall–Kier alpha value is -8.08. The SMILES string of the molecule is C1=Cc2c(c(-c3ccc4c(c3)c3ccccc3n4-c3ccccc3)cc3c4ccccc4n(-c4nc(-c5ccc(-c6cccc7ccccc67)cc5)c5ccccc5n4)c23)CC1. The summed E-state index contributed by atoms with van der Waals surface area (Å²) in [5.41, 5.74) is 16.2. The summed E-state index contributed by atoms with van der Waals surface area (Å²) in [5.74, 6) is 0.673. The topological polar surface area (TPSA) is 35.6 Å². The van der Waals surface area contributed by atoms with E-state index in [0.717, 1.165) is 46.0 Å². The van der Waals surface area contributed by atoms with Gasteiger partial charge in [0.15, 0.2) is 0 Å². The van der Waals surface area contributed by atoms with Crippen LogP contribution in [0.4, 0.5) is 0 Å². The van der Waals surface area contributed by atoms with Gasteiger partial charge in [0, 0.05) is 43.7 Å². The Morgan fingerprint density at radius 1 is 0.419 bits per heavy atom. The molecule has 290 valence electrons. The molecule has 4 heteroatoms. The molecule has 9 aromatic carbocycles. The zero-order valence-electron chi connectivity index (χ0n) is 33.8. The van der Waals surface area contributed by atoms with E-state index in [0.29, 0.717) is 5.95 Å². The average molecular weight is 791 g/mol. The molecule has 0 amide bonds. The molecule has 12 aromatic rings. The van der Waals surface area contributed by atoms with Crippen LogP contribution in [-0.2, 0) is 6.42 Å². The van der Waals surface area contributed by atoms with Gasteiger partial charge in [0.2, 0.25) is 5.95 Å². The highest BCUT2D eigenvalue weighted by Gasteiger charge is 2.24. The molecule has 0 saturated carbocycles. The van der Waals surface area contributed by atoms with Crippen LogP contribution in [0.1, 0.15) is 17.5 Å². The Bertz CT molecular complexity index is 3790. The van der Waals surface area contributed by atoms with Crippen molar-refractivity contribution < 1.29 is 0 Å². The third-order valence-electron chi connectivity index (χ3n) is 13.0. The fourth-order valence-electron chi connectivity index (χ4n) is 10.2. The number of rotatable bonds is 5. The van der Waals surface area contributed by atoms with Gasteiger partial charge in [-0.25, -0.2) is 9.97 Å². The second-order valence-electron chi connectivity index (χ2n) is 16.4. The minimum Gasteiger partial charge on any atom is -0.309 e. The Morgan fingerprint density at radius 3 is 1.90 bits per heavy atom. The molecule has 62 heavy (non-hydrogen) atoms. The quantitative estimate of drug-likeness (QED) is 0.174. The minimum absolute atomic E-state index is 0.673. The lowest BCUT2D eigenvalue weighted by molar-refractivity contribution is 0.978. The molecular weight excluding hydrogens is 753 g/mol. The summed E-state index contributed by atoms with van der Waals surface area (Å²) in [4.78, 5) is 10.9. The molecule has 3 aromatic heterocycles. The maximum Gasteiger partial charge on any atom is 0.235 e. The molecule has 0 N–H and O–H groups in total. The van der Waals surface area contributed by atoms with Gasteiger partial charge < -0.3 is 4.57 Å². The number of allylic oxidation sites excluding steroid dienone is 1. The van der Waals surface area contributed by atoms with Gasteiger partial charge in [0.25, 0.3) is 0 Å². The fraction of sp³-hybridized carbons (Fsp3) is 0.0345. The van der Waals surface area contributed by atoms with Crippen molar-refractivity contribution in [3.05, 3.63) is 211 Å². The van der Waals surface area contributed by atoms with E-state index in [1.54, 1.807) is 0 Å². The molecule has 0 atom stereocenters. The van der Waals surface area contributed by atoms with Crippen molar-refractivity contribution >= 4 is 71.4 Å². The third kappa shape index (κ3) is 5.26. The molecule has 0 radical (unpaired) electrons. The van der Waals surface area contributed by atoms with E-state index >= 15 is 0 Å². The summed E-state index contributed by atoms with van der Waals surface area (Å²) in [7, 11) is 0. The molecule has 3 heterocycles. The van der Waals surface area contributed by atoms with Crippen LogP contribution in [0.15, 0.2) is 200 Å². The third-order valence-corrected chi connectivity index (χ3v) is 13.0. The first kappa shape index (κ1) is 34.8. The average Bonchev–Trinajstić information content (AvgIpc) is 3.86. The van der Waals surface area contributed by atoms with Crippen molar-refractivity contribution in [1.29, 1.82) is 0 Å². The van der Waals surface area contributed by atoms with Crippen LogP contribution < -0.4 is 0 Å². The largest absolute Gasteiger partial charge is 0.309 e. The Kier molecular flexibility index (Phi) is 7.70. The molecule has 0 fully saturated rings. The summed E-state index contributed by atoms with van der Waals surface area (Å²) in [6.45, 7) is 0. The summed E-state index contributed by atoms with van der Waals surface area (Å²) in [6, 6.07) is 70.1. The Morgan fingerprint density at radius 2 is 1.06 bits per heavy atom. The minimum atomic E-state index is 0.673. The van der Waals surface area contributed by atoms with Crippen LogP contribution in [0.2, 0.25) is 0 Å². The molecule has 0 spiro atoms. The molecule has 0 bridgehead atoms. The van der Waals surface area contributed by atoms with Crippen molar-refractivity contribution in [2.24, 2.45) is 0 Å². The van der Waals surface area contributed by atoms with Crippen LogP contribution in [0.3, 0.4) is 0 Å². The molecule has 13 rings (SSSR count). The maximum absolute atomic E-state index is 5.51. The van der Waals surface area contributed by atoms with E-state index < -0.39 is 0 Å². The lowest BCUT2D eigenvalue weighted by atomic mass is 9.87. The van der Waals surface area contributed by atoms with E-state index in [9.17, 15) is 0 Å². The highest BCUT2D eigenvalue weighted by molar-refractivity contribution is 6.15. The lowest BCUT2D eigenvalue weighted by Gasteiger charge is -2.19. The van der Waals surface area contributed by atoms with E-state index in [4.69, 9.17) is 9.97 Å². The van der Waals surface area contributed by atoms with Gasteiger partial charge in [-0.3, -0.25) is 4.57 Å². The Labute approximate surface area is 358 Å². The predicted octanol–water partition coefficient (Wildman–Crippen LogP) is 14.9. The fourth-order valence-corrected chi connectivity index (χ4v) is 10.2. The van der Waals surface area contributed by atoms with Crippen LogP contribution in [-0.4, -0.2) is 19.1 Å². The highest BCUT2D eigenvalue weighted by atomic mass is 15.2. The van der Waals surface area contributed by atoms with Crippen molar-refractivity contribution in [1.82, 2.24) is 19.1 Å². The number of hydrogen-bond acceptors (Lipinski definition) is 2. The van der Waals surface area contributed by atoms with E-state index in [1.165, 1.54) is 82.4 Å². The first-order valence-electron chi connectivity index (χ1n) is 21.5. The molecular formula is C58H38N4. The second-order valence-corrected chi connectivity index (χ2v) is 16.4. The summed E-state index contributed by atoms with van der Waals surface area (Å²) in [6.07, 6.45) is 6.62. The molecule has 1 aliphatic carbocycles. The highest BCUT2D eigenvalue weighted by Crippen LogP contribution is 2.44. The van der Waals surface area contributed by atoms with E-state index in [1.807, 2.05) is 0 Å². The van der Waals surface area contributed by atoms with Crippen molar-refractivity contribution in [2.45, 2.75) is 12.8 Å². The molecule has 0 saturated heterocycles. The number of nitrogens with zero attached hydrogens (tertiary/aromatic N) is 4. The van der Waals surface area contributed by atoms with Gasteiger partial charge in [-0.05, 0) is 100.0 Å². The van der Waals surface area contributed by atoms with Gasteiger partial charge in [-0.15, -0.1) is 0 Å². The first-order chi connectivity index (χ1) is 30.8. The second kappa shape index (κ2) is 13.7. The predicted molar refractivity (Wildman–Crippen MR) is 259 cm³/mol. The zero-order chi connectivity index (χ0) is 40.7. The normalized spacial score (nSPS) is 12.6. The van der Waals surface area contributed by atoms with Crippen LogP contribution in [0.5, 0.6) is 0 Å². The summed E-state index contributed by atoms with van der Waals surface area (Å²) < 4.78 is 4.71. The number of hydrogen-bond donors (Lipinski definition) is 0. The van der Waals surface area contributed by atoms with E-state index in [2.05, 4.69) is 215 Å². The summed E-state index contributed by atoms with van der Waals surface area (Å²) in [5, 5.41) is 8.42. The summed E-state index contributed by atoms with van der Waals surface area (Å²) >= 11 is 0. The van der Waals surface area contributed by atoms with Crippen molar-refractivity contribution in [3.63, 3.8) is 0 Å². The van der Waals surface area contributed by atoms with Crippen molar-refractivity contribution in [2.75, 3.05) is 0 Å². The smallest absolute Gasteiger partial charge is 0.235 e. The first-order valence-corrected chi connectivity index (χ1v) is 21.5. The standard InChI is InChI=1S/C58H38N4/c1-2-17-41(18-3-1)61-53-27-12-9-21-45(53)50-35-40(33-34-55(50)61)49-36-51-46-22-10-13-28-54(46)62(57(51)47-23-7-6-20-44(47)49)58-59-52-26-11-8-24-48(52)56(60-58)39-31-29-38(30-32-39)43-25-14-16-37-15-4-5-19-42(37)43/h1-5,7-19,21-36H,6,20H2. The van der Waals surface area contributed by atoms with Gasteiger partial charge >= 0.3 is 0 Å². The molecule has 0 aliphatic heterocycles. The number of benzene rings is 9. The molecule has 0 unspecified atom stereocenters. The number of fused-ring (bicyclic) bond motifs is 10. The molecule has 4 nitrogen and oxygen atoms in total. The van der Waals surface area contributed by atoms with Gasteiger partial charge in [0.1, 0.15) is 0 Å². The van der Waals surface area contributed by atoms with Crippen LogP contribution in [0, 0.1) is 0 Å². The number of para-hydroxylation sites is 4. The zero-order valence-corrected chi connectivity index (χ0v) is 33.8. The van der Waals surface area contributed by atoms with Crippen LogP contribution in [0.25, 0.3) is 117 Å². The van der Waals surface area contributed by atoms with Crippen molar-refractivity contribution in [3.8, 4) is 45.1 Å². The maximum atomic E-state index is 5.51. The lowest BCUT2D eigenvalue weighted by Crippen LogP contribution is -2.06. The van der Waals surface area contributed by atoms with E-state index in [-0.39, 0.29) is 0 Å².